The molecule has 0 fully saturated rings. The van der Waals surface area contributed by atoms with Crippen LogP contribution in [0.3, 0.4) is 0 Å². The lowest BCUT2D eigenvalue weighted by molar-refractivity contribution is 0.505. The molecule has 2 nitrogen and oxygen atoms in total. The summed E-state index contributed by atoms with van der Waals surface area (Å²) in [5, 5.41) is 3.43. The standard InChI is InChI=1S/C16H28N2/c1-5-6-7-8-9-16(17-2)14-10-12-15(13-11-14)18(3)4/h10-13,16-17H,5-9H2,1-4H3. The first-order valence-electron chi connectivity index (χ1n) is 7.13. The van der Waals surface area contributed by atoms with Crippen LogP contribution in [0.1, 0.15) is 50.6 Å². The van der Waals surface area contributed by atoms with E-state index in [2.05, 4.69) is 62.5 Å². The summed E-state index contributed by atoms with van der Waals surface area (Å²) in [6.45, 7) is 2.26. The molecule has 0 aliphatic carbocycles. The monoisotopic (exact) mass is 248 g/mol. The van der Waals surface area contributed by atoms with Gasteiger partial charge in [-0.25, -0.2) is 0 Å². The first kappa shape index (κ1) is 15.0. The highest BCUT2D eigenvalue weighted by Crippen LogP contribution is 2.22. The van der Waals surface area contributed by atoms with Crippen molar-refractivity contribution in [2.75, 3.05) is 26.0 Å². The van der Waals surface area contributed by atoms with Crippen molar-refractivity contribution >= 4 is 5.69 Å². The van der Waals surface area contributed by atoms with E-state index in [0.29, 0.717) is 6.04 Å². The van der Waals surface area contributed by atoms with Crippen LogP contribution < -0.4 is 10.2 Å². The van der Waals surface area contributed by atoms with E-state index in [1.807, 2.05) is 0 Å². The molecule has 0 aliphatic rings. The number of hydrogen-bond donors (Lipinski definition) is 1. The lowest BCUT2D eigenvalue weighted by atomic mass is 10.00. The molecule has 1 atom stereocenters. The molecule has 102 valence electrons. The smallest absolute Gasteiger partial charge is 0.0361 e. The van der Waals surface area contributed by atoms with Crippen LogP contribution in [0, 0.1) is 0 Å². The second-order valence-corrected chi connectivity index (χ2v) is 5.18. The number of anilines is 1. The van der Waals surface area contributed by atoms with E-state index in [1.165, 1.54) is 43.4 Å². The first-order valence-corrected chi connectivity index (χ1v) is 7.13. The third-order valence-electron chi connectivity index (χ3n) is 3.51. The highest BCUT2D eigenvalue weighted by atomic mass is 15.1. The number of nitrogens with one attached hydrogen (secondary N) is 1. The predicted octanol–water partition coefficient (Wildman–Crippen LogP) is 3.98. The first-order chi connectivity index (χ1) is 8.69. The minimum Gasteiger partial charge on any atom is -0.378 e. The van der Waals surface area contributed by atoms with E-state index in [4.69, 9.17) is 0 Å². The molecule has 0 bridgehead atoms. The summed E-state index contributed by atoms with van der Waals surface area (Å²) in [5.74, 6) is 0. The maximum atomic E-state index is 3.43. The van der Waals surface area contributed by atoms with Gasteiger partial charge in [-0.15, -0.1) is 0 Å². The Kier molecular flexibility index (Phi) is 6.81. The summed E-state index contributed by atoms with van der Waals surface area (Å²) in [6.07, 6.45) is 6.56. The van der Waals surface area contributed by atoms with Crippen molar-refractivity contribution < 1.29 is 0 Å². The highest BCUT2D eigenvalue weighted by Gasteiger charge is 2.08. The van der Waals surface area contributed by atoms with Crippen molar-refractivity contribution in [1.82, 2.24) is 5.32 Å². The van der Waals surface area contributed by atoms with Crippen LogP contribution in [-0.4, -0.2) is 21.1 Å². The summed E-state index contributed by atoms with van der Waals surface area (Å²) in [4.78, 5) is 2.14. The average Bonchev–Trinajstić information content (AvgIpc) is 2.39. The molecule has 2 heteroatoms. The number of unbranched alkanes of at least 4 members (excludes halogenated alkanes) is 3. The molecule has 0 radical (unpaired) electrons. The summed E-state index contributed by atoms with van der Waals surface area (Å²) >= 11 is 0. The van der Waals surface area contributed by atoms with Gasteiger partial charge in [0.15, 0.2) is 0 Å². The Morgan fingerprint density at radius 3 is 2.22 bits per heavy atom. The van der Waals surface area contributed by atoms with Crippen LogP contribution in [0.4, 0.5) is 5.69 Å². The summed E-state index contributed by atoms with van der Waals surface area (Å²) in [6, 6.07) is 9.39. The Morgan fingerprint density at radius 1 is 1.06 bits per heavy atom. The van der Waals surface area contributed by atoms with Gasteiger partial charge in [0.2, 0.25) is 0 Å². The fraction of sp³-hybridized carbons (Fsp3) is 0.625. The molecule has 0 aliphatic heterocycles. The molecule has 1 N–H and O–H groups in total. The second kappa shape index (κ2) is 8.15. The van der Waals surface area contributed by atoms with E-state index in [-0.39, 0.29) is 0 Å². The molecule has 0 saturated carbocycles. The van der Waals surface area contributed by atoms with Crippen molar-refractivity contribution in [3.8, 4) is 0 Å². The Morgan fingerprint density at radius 2 is 1.72 bits per heavy atom. The number of hydrogen-bond acceptors (Lipinski definition) is 2. The fourth-order valence-corrected chi connectivity index (χ4v) is 2.26. The minimum absolute atomic E-state index is 0.498. The predicted molar refractivity (Wildman–Crippen MR) is 81.3 cm³/mol. The van der Waals surface area contributed by atoms with Gasteiger partial charge in [-0.2, -0.15) is 0 Å². The van der Waals surface area contributed by atoms with Crippen LogP contribution >= 0.6 is 0 Å². The van der Waals surface area contributed by atoms with Crippen molar-refractivity contribution in [2.45, 2.75) is 45.1 Å². The Balaban J connectivity index is 2.53. The summed E-state index contributed by atoms with van der Waals surface area (Å²) < 4.78 is 0. The molecule has 0 saturated heterocycles. The van der Waals surface area contributed by atoms with E-state index >= 15 is 0 Å². The van der Waals surface area contributed by atoms with Gasteiger partial charge in [-0.1, -0.05) is 44.7 Å². The number of nitrogens with zero attached hydrogens (tertiary/aromatic N) is 1. The van der Waals surface area contributed by atoms with Gasteiger partial charge in [0.25, 0.3) is 0 Å². The Hall–Kier alpha value is -1.02. The van der Waals surface area contributed by atoms with Crippen LogP contribution in [0.15, 0.2) is 24.3 Å². The van der Waals surface area contributed by atoms with Crippen molar-refractivity contribution in [1.29, 1.82) is 0 Å². The third kappa shape index (κ3) is 4.69. The maximum Gasteiger partial charge on any atom is 0.0361 e. The fourth-order valence-electron chi connectivity index (χ4n) is 2.26. The molecule has 1 aromatic rings. The number of rotatable bonds is 8. The quantitative estimate of drug-likeness (QED) is 0.700. The molecule has 18 heavy (non-hydrogen) atoms. The molecule has 0 amide bonds. The van der Waals surface area contributed by atoms with Gasteiger partial charge < -0.3 is 10.2 Å². The molecular formula is C16H28N2. The lowest BCUT2D eigenvalue weighted by Crippen LogP contribution is -2.16. The minimum atomic E-state index is 0.498. The molecule has 0 aromatic heterocycles. The third-order valence-corrected chi connectivity index (χ3v) is 3.51. The topological polar surface area (TPSA) is 15.3 Å². The van der Waals surface area contributed by atoms with E-state index in [9.17, 15) is 0 Å². The average molecular weight is 248 g/mol. The molecule has 1 rings (SSSR count). The van der Waals surface area contributed by atoms with Gasteiger partial charge in [-0.05, 0) is 31.2 Å². The molecule has 1 aromatic carbocycles. The zero-order valence-corrected chi connectivity index (χ0v) is 12.4. The zero-order valence-electron chi connectivity index (χ0n) is 12.4. The van der Waals surface area contributed by atoms with Crippen molar-refractivity contribution in [3.05, 3.63) is 29.8 Å². The molecule has 1 unspecified atom stereocenters. The van der Waals surface area contributed by atoms with E-state index < -0.39 is 0 Å². The number of benzene rings is 1. The molecule has 0 spiro atoms. The lowest BCUT2D eigenvalue weighted by Gasteiger charge is -2.18. The van der Waals surface area contributed by atoms with Gasteiger partial charge in [-0.3, -0.25) is 0 Å². The summed E-state index contributed by atoms with van der Waals surface area (Å²) in [5.41, 5.74) is 2.67. The molecule has 0 heterocycles. The maximum absolute atomic E-state index is 3.43. The van der Waals surface area contributed by atoms with Gasteiger partial charge >= 0.3 is 0 Å². The van der Waals surface area contributed by atoms with Crippen molar-refractivity contribution in [2.24, 2.45) is 0 Å². The normalized spacial score (nSPS) is 12.4. The van der Waals surface area contributed by atoms with Crippen LogP contribution in [-0.2, 0) is 0 Å². The van der Waals surface area contributed by atoms with Crippen LogP contribution in [0.25, 0.3) is 0 Å². The summed E-state index contributed by atoms with van der Waals surface area (Å²) in [7, 11) is 6.22. The Bertz CT molecular complexity index is 316. The second-order valence-electron chi connectivity index (χ2n) is 5.18. The van der Waals surface area contributed by atoms with Crippen LogP contribution in [0.2, 0.25) is 0 Å². The largest absolute Gasteiger partial charge is 0.378 e. The van der Waals surface area contributed by atoms with Crippen molar-refractivity contribution in [3.63, 3.8) is 0 Å². The molecular weight excluding hydrogens is 220 g/mol. The van der Waals surface area contributed by atoms with E-state index in [0.717, 1.165) is 0 Å². The zero-order chi connectivity index (χ0) is 13.4. The highest BCUT2D eigenvalue weighted by molar-refractivity contribution is 5.46. The van der Waals surface area contributed by atoms with Gasteiger partial charge in [0, 0.05) is 25.8 Å². The SMILES string of the molecule is CCCCCCC(NC)c1ccc(N(C)C)cc1. The Labute approximate surface area is 112 Å². The van der Waals surface area contributed by atoms with Gasteiger partial charge in [0.05, 0.1) is 0 Å². The van der Waals surface area contributed by atoms with Gasteiger partial charge in [0.1, 0.15) is 0 Å². The van der Waals surface area contributed by atoms with Crippen LogP contribution in [0.5, 0.6) is 0 Å². The van der Waals surface area contributed by atoms with E-state index in [1.54, 1.807) is 0 Å².